The number of carbonyl (C=O) groups is 1. The summed E-state index contributed by atoms with van der Waals surface area (Å²) >= 11 is 9.05. The summed E-state index contributed by atoms with van der Waals surface area (Å²) in [6.07, 6.45) is 3.65. The van der Waals surface area contributed by atoms with Gasteiger partial charge in [0, 0.05) is 23.0 Å². The number of amides is 1. The van der Waals surface area contributed by atoms with Gasteiger partial charge in [-0.05, 0) is 42.5 Å². The Morgan fingerprint density at radius 1 is 1.41 bits per heavy atom. The molecule has 0 spiro atoms. The fourth-order valence-electron chi connectivity index (χ4n) is 3.63. The number of benzene rings is 1. The molecule has 1 saturated heterocycles. The normalized spacial score (nSPS) is 16.4. The number of aromatic nitrogens is 2. The number of thioether (sulfide) groups is 1. The van der Waals surface area contributed by atoms with Crippen LogP contribution < -0.4 is 5.56 Å². The van der Waals surface area contributed by atoms with Gasteiger partial charge in [-0.2, -0.15) is 0 Å². The molecule has 0 bridgehead atoms. The Hall–Kier alpha value is -2.09. The number of nitrogens with zero attached hydrogens (tertiary/aromatic N) is 3. The summed E-state index contributed by atoms with van der Waals surface area (Å²) in [5, 5.41) is 3.58. The van der Waals surface area contributed by atoms with Crippen LogP contribution in [0.25, 0.3) is 10.9 Å². The van der Waals surface area contributed by atoms with Gasteiger partial charge >= 0.3 is 0 Å². The predicted molar refractivity (Wildman–Crippen MR) is 120 cm³/mol. The van der Waals surface area contributed by atoms with E-state index in [1.165, 1.54) is 16.6 Å². The second kappa shape index (κ2) is 8.73. The Morgan fingerprint density at radius 2 is 2.28 bits per heavy atom. The predicted octanol–water partition coefficient (Wildman–Crippen LogP) is 4.75. The lowest BCUT2D eigenvalue weighted by Gasteiger charge is -2.24. The highest BCUT2D eigenvalue weighted by Crippen LogP contribution is 2.35. The lowest BCUT2D eigenvalue weighted by Crippen LogP contribution is -2.32. The molecule has 150 valence electrons. The molecule has 1 atom stereocenters. The van der Waals surface area contributed by atoms with Crippen LogP contribution in [0.3, 0.4) is 0 Å². The molecule has 1 aromatic carbocycles. The largest absolute Gasteiger partial charge is 0.334 e. The van der Waals surface area contributed by atoms with Crippen molar-refractivity contribution >= 4 is 51.5 Å². The van der Waals surface area contributed by atoms with E-state index >= 15 is 0 Å². The van der Waals surface area contributed by atoms with Crippen molar-refractivity contribution in [1.82, 2.24) is 14.5 Å². The minimum atomic E-state index is -0.154. The van der Waals surface area contributed by atoms with Gasteiger partial charge in [0.15, 0.2) is 5.16 Å². The smallest absolute Gasteiger partial charge is 0.262 e. The van der Waals surface area contributed by atoms with Crippen LogP contribution in [0.15, 0.2) is 58.3 Å². The summed E-state index contributed by atoms with van der Waals surface area (Å²) in [6.45, 7) is 4.84. The zero-order valence-corrected chi connectivity index (χ0v) is 18.1. The molecule has 5 nitrogen and oxygen atoms in total. The fraction of sp³-hybridized carbons (Fsp3) is 0.286. The number of halogens is 1. The first-order chi connectivity index (χ1) is 14.1. The number of rotatable bonds is 6. The molecule has 0 aliphatic carbocycles. The van der Waals surface area contributed by atoms with Crippen molar-refractivity contribution in [1.29, 1.82) is 0 Å². The lowest BCUT2D eigenvalue weighted by molar-refractivity contribution is -0.129. The molecule has 1 amide bonds. The average Bonchev–Trinajstić information content (AvgIpc) is 3.39. The van der Waals surface area contributed by atoms with Gasteiger partial charge in [0.1, 0.15) is 0 Å². The number of carbonyl (C=O) groups excluding carboxylic acids is 1. The van der Waals surface area contributed by atoms with Crippen molar-refractivity contribution in [2.45, 2.75) is 30.6 Å². The van der Waals surface area contributed by atoms with E-state index in [-0.39, 0.29) is 23.3 Å². The number of fused-ring (bicyclic) bond motifs is 1. The third kappa shape index (κ3) is 4.13. The minimum absolute atomic E-state index is 0.0662. The second-order valence-corrected chi connectivity index (χ2v) is 9.17. The molecule has 3 aromatic rings. The highest BCUT2D eigenvalue weighted by molar-refractivity contribution is 7.99. The summed E-state index contributed by atoms with van der Waals surface area (Å²) in [6, 6.07) is 9.30. The Bertz CT molecular complexity index is 1110. The minimum Gasteiger partial charge on any atom is -0.334 e. The van der Waals surface area contributed by atoms with Gasteiger partial charge < -0.3 is 4.90 Å². The standard InChI is InChI=1S/C21H20ClN3O2S2/c1-2-9-25-20(27)15-8-7-14(22)12-16(15)23-21(25)29-13-19(26)24-10-3-5-17(24)18-6-4-11-28-18/h2,4,6-8,11-12,17H,1,3,5,9-10,13H2. The van der Waals surface area contributed by atoms with Crippen LogP contribution >= 0.6 is 34.7 Å². The van der Waals surface area contributed by atoms with Gasteiger partial charge in [-0.15, -0.1) is 17.9 Å². The molecule has 1 fully saturated rings. The van der Waals surface area contributed by atoms with Crippen LogP contribution in [-0.4, -0.2) is 32.7 Å². The molecule has 1 aliphatic heterocycles. The summed E-state index contributed by atoms with van der Waals surface area (Å²) in [4.78, 5) is 33.6. The maximum Gasteiger partial charge on any atom is 0.262 e. The quantitative estimate of drug-likeness (QED) is 0.312. The summed E-state index contributed by atoms with van der Waals surface area (Å²) < 4.78 is 1.56. The van der Waals surface area contributed by atoms with Gasteiger partial charge in [0.25, 0.3) is 5.56 Å². The first kappa shape index (κ1) is 20.2. The molecular formula is C21H20ClN3O2S2. The Balaban J connectivity index is 1.58. The molecule has 0 N–H and O–H groups in total. The number of hydrogen-bond donors (Lipinski definition) is 0. The number of thiophene rings is 1. The van der Waals surface area contributed by atoms with Crippen molar-refractivity contribution in [2.24, 2.45) is 0 Å². The molecule has 29 heavy (non-hydrogen) atoms. The summed E-state index contributed by atoms with van der Waals surface area (Å²) in [5.41, 5.74) is 0.384. The molecule has 0 radical (unpaired) electrons. The maximum atomic E-state index is 12.9. The van der Waals surface area contributed by atoms with Crippen molar-refractivity contribution in [3.8, 4) is 0 Å². The lowest BCUT2D eigenvalue weighted by atomic mass is 10.2. The van der Waals surface area contributed by atoms with E-state index in [9.17, 15) is 9.59 Å². The molecule has 8 heteroatoms. The van der Waals surface area contributed by atoms with Crippen LogP contribution in [0.5, 0.6) is 0 Å². The summed E-state index contributed by atoms with van der Waals surface area (Å²) in [5.74, 6) is 0.300. The summed E-state index contributed by atoms with van der Waals surface area (Å²) in [7, 11) is 0. The topological polar surface area (TPSA) is 55.2 Å². The third-order valence-electron chi connectivity index (χ3n) is 4.96. The number of allylic oxidation sites excluding steroid dienone is 1. The van der Waals surface area contributed by atoms with Crippen LogP contribution in [-0.2, 0) is 11.3 Å². The second-order valence-electron chi connectivity index (χ2n) is 6.81. The van der Waals surface area contributed by atoms with Gasteiger partial charge in [0.05, 0.1) is 22.7 Å². The van der Waals surface area contributed by atoms with E-state index < -0.39 is 0 Å². The van der Waals surface area contributed by atoms with Crippen LogP contribution in [0, 0.1) is 0 Å². The van der Waals surface area contributed by atoms with Crippen molar-refractivity contribution in [3.05, 3.63) is 68.6 Å². The Morgan fingerprint density at radius 3 is 3.03 bits per heavy atom. The number of hydrogen-bond acceptors (Lipinski definition) is 5. The van der Waals surface area contributed by atoms with Gasteiger partial charge in [-0.3, -0.25) is 14.2 Å². The first-order valence-electron chi connectivity index (χ1n) is 9.35. The first-order valence-corrected chi connectivity index (χ1v) is 11.6. The zero-order valence-electron chi connectivity index (χ0n) is 15.7. The van der Waals surface area contributed by atoms with E-state index in [0.29, 0.717) is 27.6 Å². The Kier molecular flexibility index (Phi) is 6.08. The number of likely N-dealkylation sites (tertiary alicyclic amines) is 1. The van der Waals surface area contributed by atoms with Crippen molar-refractivity contribution < 1.29 is 4.79 Å². The van der Waals surface area contributed by atoms with Crippen molar-refractivity contribution in [2.75, 3.05) is 12.3 Å². The van der Waals surface area contributed by atoms with Crippen molar-refractivity contribution in [3.63, 3.8) is 0 Å². The monoisotopic (exact) mass is 445 g/mol. The molecule has 1 unspecified atom stereocenters. The zero-order chi connectivity index (χ0) is 20.4. The average molecular weight is 446 g/mol. The van der Waals surface area contributed by atoms with E-state index in [1.807, 2.05) is 16.3 Å². The third-order valence-corrected chi connectivity index (χ3v) is 7.13. The molecular weight excluding hydrogens is 426 g/mol. The van der Waals surface area contributed by atoms with E-state index in [1.54, 1.807) is 40.2 Å². The van der Waals surface area contributed by atoms with Crippen LogP contribution in [0.2, 0.25) is 5.02 Å². The molecule has 0 saturated carbocycles. The van der Waals surface area contributed by atoms with Crippen LogP contribution in [0.1, 0.15) is 23.8 Å². The Labute approximate surface area is 182 Å². The maximum absolute atomic E-state index is 12.9. The fourth-order valence-corrected chi connectivity index (χ4v) is 5.56. The van der Waals surface area contributed by atoms with E-state index in [2.05, 4.69) is 17.6 Å². The van der Waals surface area contributed by atoms with Gasteiger partial charge in [-0.25, -0.2) is 4.98 Å². The SMILES string of the molecule is C=CCn1c(SCC(=O)N2CCCC2c2cccs2)nc2cc(Cl)ccc2c1=O. The molecule has 1 aliphatic rings. The highest BCUT2D eigenvalue weighted by atomic mass is 35.5. The van der Waals surface area contributed by atoms with Crippen LogP contribution in [0.4, 0.5) is 0 Å². The highest BCUT2D eigenvalue weighted by Gasteiger charge is 2.30. The van der Waals surface area contributed by atoms with Gasteiger partial charge in [0.2, 0.25) is 5.91 Å². The molecule has 2 aromatic heterocycles. The van der Waals surface area contributed by atoms with Gasteiger partial charge in [-0.1, -0.05) is 35.5 Å². The molecule has 4 rings (SSSR count). The molecule has 3 heterocycles. The van der Waals surface area contributed by atoms with E-state index in [4.69, 9.17) is 11.6 Å². The van der Waals surface area contributed by atoms with E-state index in [0.717, 1.165) is 19.4 Å².